The van der Waals surface area contributed by atoms with Crippen LogP contribution in [0.15, 0.2) is 24.3 Å². The third kappa shape index (κ3) is 5.96. The molecule has 3 unspecified atom stereocenters. The van der Waals surface area contributed by atoms with Crippen LogP contribution in [0.3, 0.4) is 0 Å². The Labute approximate surface area is 150 Å². The van der Waals surface area contributed by atoms with Crippen molar-refractivity contribution < 1.29 is 14.6 Å². The van der Waals surface area contributed by atoms with Crippen molar-refractivity contribution in [1.82, 2.24) is 10.6 Å². The average molecular weight is 357 g/mol. The van der Waals surface area contributed by atoms with Crippen molar-refractivity contribution in [2.24, 2.45) is 0 Å². The molecule has 3 N–H and O–H groups in total. The highest BCUT2D eigenvalue weighted by Crippen LogP contribution is 2.24. The highest BCUT2D eigenvalue weighted by atomic mass is 35.5. The summed E-state index contributed by atoms with van der Waals surface area (Å²) >= 11 is 0. The summed E-state index contributed by atoms with van der Waals surface area (Å²) in [6.45, 7) is 9.32. The second-order valence-electron chi connectivity index (χ2n) is 7.35. The summed E-state index contributed by atoms with van der Waals surface area (Å²) in [7, 11) is 0. The molecule has 1 saturated heterocycles. The Morgan fingerprint density at radius 2 is 2.00 bits per heavy atom. The predicted octanol–water partition coefficient (Wildman–Crippen LogP) is 2.01. The van der Waals surface area contributed by atoms with E-state index in [0.29, 0.717) is 19.6 Å². The van der Waals surface area contributed by atoms with Gasteiger partial charge in [-0.2, -0.15) is 0 Å². The number of amides is 1. The van der Waals surface area contributed by atoms with Crippen LogP contribution in [0.25, 0.3) is 0 Å². The van der Waals surface area contributed by atoms with Gasteiger partial charge in [0, 0.05) is 6.54 Å². The summed E-state index contributed by atoms with van der Waals surface area (Å²) in [6.07, 6.45) is 0.0341. The maximum atomic E-state index is 12.0. The van der Waals surface area contributed by atoms with Gasteiger partial charge < -0.3 is 20.5 Å². The molecule has 0 spiro atoms. The minimum Gasteiger partial charge on any atom is -0.491 e. The van der Waals surface area contributed by atoms with E-state index in [9.17, 15) is 9.90 Å². The highest BCUT2D eigenvalue weighted by molar-refractivity contribution is 5.85. The van der Waals surface area contributed by atoms with Gasteiger partial charge in [0.05, 0.1) is 18.2 Å². The number of β-amino-alcohol motifs (C(OH)–C–C–N with tert-alkyl or cyclic N) is 1. The molecule has 136 valence electrons. The van der Waals surface area contributed by atoms with Crippen molar-refractivity contribution >= 4 is 18.3 Å². The molecule has 1 fully saturated rings. The second kappa shape index (κ2) is 8.70. The van der Waals surface area contributed by atoms with E-state index in [2.05, 4.69) is 43.5 Å². The fourth-order valence-electron chi connectivity index (χ4n) is 2.57. The first-order valence-corrected chi connectivity index (χ1v) is 8.21. The fourth-order valence-corrected chi connectivity index (χ4v) is 2.57. The molecule has 0 radical (unpaired) electrons. The number of benzene rings is 1. The monoisotopic (exact) mass is 356 g/mol. The lowest BCUT2D eigenvalue weighted by molar-refractivity contribution is -0.123. The molecule has 1 amide bonds. The molecule has 1 aromatic rings. The normalized spacial score (nSPS) is 21.7. The Balaban J connectivity index is 0.00000288. The predicted molar refractivity (Wildman–Crippen MR) is 97.9 cm³/mol. The number of rotatable bonds is 5. The number of hydrogen-bond donors (Lipinski definition) is 3. The molecular formula is C18H29ClN2O3. The van der Waals surface area contributed by atoms with Gasteiger partial charge in [0.1, 0.15) is 12.4 Å². The van der Waals surface area contributed by atoms with Crippen LogP contribution in [0.2, 0.25) is 0 Å². The number of aliphatic hydroxyl groups is 1. The fraction of sp³-hybridized carbons (Fsp3) is 0.611. The minimum atomic E-state index is -0.432. The van der Waals surface area contributed by atoms with Gasteiger partial charge in [0.25, 0.3) is 0 Å². The summed E-state index contributed by atoms with van der Waals surface area (Å²) in [4.78, 5) is 12.0. The smallest absolute Gasteiger partial charge is 0.237 e. The van der Waals surface area contributed by atoms with E-state index in [4.69, 9.17) is 4.74 Å². The van der Waals surface area contributed by atoms with E-state index in [-0.39, 0.29) is 35.8 Å². The third-order valence-electron chi connectivity index (χ3n) is 4.03. The van der Waals surface area contributed by atoms with Crippen LogP contribution in [0.5, 0.6) is 5.75 Å². The summed E-state index contributed by atoms with van der Waals surface area (Å²) in [5.74, 6) is 0.717. The van der Waals surface area contributed by atoms with Gasteiger partial charge in [0.2, 0.25) is 5.91 Å². The van der Waals surface area contributed by atoms with Crippen LogP contribution >= 0.6 is 12.4 Å². The van der Waals surface area contributed by atoms with Crippen LogP contribution in [-0.4, -0.2) is 42.4 Å². The number of carbonyl (C=O) groups is 1. The summed E-state index contributed by atoms with van der Waals surface area (Å²) in [5, 5.41) is 15.4. The largest absolute Gasteiger partial charge is 0.491 e. The Morgan fingerprint density at radius 1 is 1.38 bits per heavy atom. The van der Waals surface area contributed by atoms with E-state index in [1.165, 1.54) is 5.56 Å². The van der Waals surface area contributed by atoms with Gasteiger partial charge in [0.15, 0.2) is 0 Å². The van der Waals surface area contributed by atoms with Crippen LogP contribution < -0.4 is 15.4 Å². The Hall–Kier alpha value is -1.30. The third-order valence-corrected chi connectivity index (χ3v) is 4.03. The Kier molecular flexibility index (Phi) is 7.52. The van der Waals surface area contributed by atoms with Crippen molar-refractivity contribution in [2.75, 3.05) is 13.2 Å². The maximum Gasteiger partial charge on any atom is 0.237 e. The number of hydrogen-bond acceptors (Lipinski definition) is 4. The van der Waals surface area contributed by atoms with Crippen molar-refractivity contribution in [3.8, 4) is 5.75 Å². The number of halogens is 1. The number of ether oxygens (including phenoxy) is 1. The molecule has 6 heteroatoms. The van der Waals surface area contributed by atoms with E-state index >= 15 is 0 Å². The molecule has 1 aromatic carbocycles. The van der Waals surface area contributed by atoms with Crippen LogP contribution in [-0.2, 0) is 10.2 Å². The van der Waals surface area contributed by atoms with Crippen molar-refractivity contribution in [1.29, 1.82) is 0 Å². The SMILES string of the molecule is CC(COc1ccc(C(C)(C)C)cc1)NC(=O)C1CC(O)CN1.Cl. The van der Waals surface area contributed by atoms with Gasteiger partial charge in [-0.05, 0) is 36.5 Å². The zero-order valence-corrected chi connectivity index (χ0v) is 15.7. The molecule has 0 aliphatic carbocycles. The van der Waals surface area contributed by atoms with Gasteiger partial charge in [-0.25, -0.2) is 0 Å². The molecule has 5 nitrogen and oxygen atoms in total. The molecule has 1 aliphatic heterocycles. The second-order valence-corrected chi connectivity index (χ2v) is 7.35. The molecule has 1 heterocycles. The molecule has 0 bridgehead atoms. The lowest BCUT2D eigenvalue weighted by Gasteiger charge is -2.20. The number of carbonyl (C=O) groups excluding carboxylic acids is 1. The molecule has 0 aromatic heterocycles. The standard InChI is InChI=1S/C18H28N2O3.ClH/c1-12(20-17(22)16-9-14(21)10-19-16)11-23-15-7-5-13(6-8-15)18(2,3)4;/h5-8,12,14,16,19,21H,9-11H2,1-4H3,(H,20,22);1H. The van der Waals surface area contributed by atoms with Gasteiger partial charge in [-0.15, -0.1) is 12.4 Å². The van der Waals surface area contributed by atoms with Crippen molar-refractivity contribution in [2.45, 2.75) is 57.7 Å². The average Bonchev–Trinajstić information content (AvgIpc) is 2.91. The molecule has 3 atom stereocenters. The molecule has 2 rings (SSSR count). The molecular weight excluding hydrogens is 328 g/mol. The van der Waals surface area contributed by atoms with Crippen LogP contribution in [0, 0.1) is 0 Å². The first kappa shape index (κ1) is 20.7. The van der Waals surface area contributed by atoms with Gasteiger partial charge in [-0.1, -0.05) is 32.9 Å². The first-order chi connectivity index (χ1) is 10.8. The summed E-state index contributed by atoms with van der Waals surface area (Å²) in [5.41, 5.74) is 1.38. The molecule has 1 aliphatic rings. The van der Waals surface area contributed by atoms with E-state index in [1.54, 1.807) is 0 Å². The van der Waals surface area contributed by atoms with E-state index in [0.717, 1.165) is 5.75 Å². The van der Waals surface area contributed by atoms with E-state index in [1.807, 2.05) is 19.1 Å². The quantitative estimate of drug-likeness (QED) is 0.754. The minimum absolute atomic E-state index is 0. The first-order valence-electron chi connectivity index (χ1n) is 8.21. The maximum absolute atomic E-state index is 12.0. The van der Waals surface area contributed by atoms with Crippen molar-refractivity contribution in [3.05, 3.63) is 29.8 Å². The summed E-state index contributed by atoms with van der Waals surface area (Å²) < 4.78 is 5.74. The molecule has 24 heavy (non-hydrogen) atoms. The van der Waals surface area contributed by atoms with Crippen LogP contribution in [0.1, 0.15) is 39.7 Å². The zero-order valence-electron chi connectivity index (χ0n) is 14.8. The van der Waals surface area contributed by atoms with Gasteiger partial charge in [-0.3, -0.25) is 4.79 Å². The lowest BCUT2D eigenvalue weighted by atomic mass is 9.87. The van der Waals surface area contributed by atoms with E-state index < -0.39 is 6.10 Å². The zero-order chi connectivity index (χ0) is 17.0. The lowest BCUT2D eigenvalue weighted by Crippen LogP contribution is -2.46. The Morgan fingerprint density at radius 3 is 2.50 bits per heavy atom. The number of nitrogens with one attached hydrogen (secondary N) is 2. The van der Waals surface area contributed by atoms with Crippen molar-refractivity contribution in [3.63, 3.8) is 0 Å². The van der Waals surface area contributed by atoms with Crippen LogP contribution in [0.4, 0.5) is 0 Å². The highest BCUT2D eigenvalue weighted by Gasteiger charge is 2.28. The van der Waals surface area contributed by atoms with Gasteiger partial charge >= 0.3 is 0 Å². The molecule has 0 saturated carbocycles. The topological polar surface area (TPSA) is 70.6 Å². The summed E-state index contributed by atoms with van der Waals surface area (Å²) in [6, 6.07) is 7.67. The number of aliphatic hydroxyl groups excluding tert-OH is 1. The Bertz CT molecular complexity index is 528.